The summed E-state index contributed by atoms with van der Waals surface area (Å²) in [6, 6.07) is 3.94. The van der Waals surface area contributed by atoms with Crippen LogP contribution in [0, 0.1) is 0 Å². The summed E-state index contributed by atoms with van der Waals surface area (Å²) in [7, 11) is 0. The maximum atomic E-state index is 11.6. The van der Waals surface area contributed by atoms with Gasteiger partial charge in [-0.1, -0.05) is 15.9 Å². The van der Waals surface area contributed by atoms with Gasteiger partial charge in [-0.15, -0.1) is 0 Å². The molecule has 0 spiro atoms. The van der Waals surface area contributed by atoms with E-state index >= 15 is 0 Å². The fraction of sp³-hybridized carbons (Fsp3) is 0.273. The molecule has 1 heterocycles. The Morgan fingerprint density at radius 2 is 2.28 bits per heavy atom. The fourth-order valence-electron chi connectivity index (χ4n) is 2.09. The van der Waals surface area contributed by atoms with E-state index in [-0.39, 0.29) is 5.91 Å². The zero-order valence-electron chi connectivity index (χ0n) is 9.92. The van der Waals surface area contributed by atoms with Crippen LogP contribution >= 0.6 is 28.1 Å². The number of nitrogens with zero attached hydrogens (tertiary/aromatic N) is 1. The number of thiocarbonyl (C=S) groups is 1. The maximum absolute atomic E-state index is 11.6. The smallest absolute Gasteiger partial charge is 0.223 e. The summed E-state index contributed by atoms with van der Waals surface area (Å²) in [6.07, 6.45) is 0.855. The number of nitrogens with one attached hydrogen (secondary N) is 2. The molecule has 7 heteroatoms. The van der Waals surface area contributed by atoms with Crippen LogP contribution in [0.5, 0.6) is 0 Å². The van der Waals surface area contributed by atoms with Gasteiger partial charge in [0, 0.05) is 17.9 Å². The van der Waals surface area contributed by atoms with Crippen LogP contribution in [-0.2, 0) is 11.2 Å². The van der Waals surface area contributed by atoms with Crippen LogP contribution in [0.3, 0.4) is 0 Å². The van der Waals surface area contributed by atoms with E-state index in [2.05, 4.69) is 32.5 Å². The van der Waals surface area contributed by atoms with Crippen LogP contribution < -0.4 is 21.5 Å². The third kappa shape index (κ3) is 2.47. The number of amides is 1. The van der Waals surface area contributed by atoms with Crippen LogP contribution in [0.4, 0.5) is 11.4 Å². The molecule has 1 aliphatic rings. The standard InChI is InChI=1S/C11H13BrN4OS/c1-6(17)16-3-2-7-4-8(12)5-9(10(7)16)14-11(18)15-13/h4-5H,2-3,13H2,1H3,(H2,14,15,18)/p+1. The Balaban J connectivity index is 2.46. The van der Waals surface area contributed by atoms with Crippen LogP contribution in [0.1, 0.15) is 12.5 Å². The van der Waals surface area contributed by atoms with E-state index in [0.29, 0.717) is 11.7 Å². The summed E-state index contributed by atoms with van der Waals surface area (Å²) in [6.45, 7) is 2.28. The minimum atomic E-state index is 0.0348. The van der Waals surface area contributed by atoms with Gasteiger partial charge in [0.15, 0.2) is 0 Å². The molecule has 0 bridgehead atoms. The van der Waals surface area contributed by atoms with Crippen molar-refractivity contribution in [1.29, 1.82) is 0 Å². The van der Waals surface area contributed by atoms with Crippen molar-refractivity contribution in [3.8, 4) is 0 Å². The maximum Gasteiger partial charge on any atom is 0.223 e. The highest BCUT2D eigenvalue weighted by Gasteiger charge is 2.26. The second kappa shape index (κ2) is 5.21. The molecule has 0 atom stereocenters. The van der Waals surface area contributed by atoms with Gasteiger partial charge in [-0.25, -0.2) is 5.43 Å². The predicted octanol–water partition coefficient (Wildman–Crippen LogP) is 0.801. The first kappa shape index (κ1) is 13.3. The minimum absolute atomic E-state index is 0.0348. The van der Waals surface area contributed by atoms with E-state index in [9.17, 15) is 4.79 Å². The van der Waals surface area contributed by atoms with Crippen molar-refractivity contribution >= 4 is 50.5 Å². The molecule has 1 amide bonds. The number of carbonyl (C=O) groups excluding carboxylic acids is 1. The molecule has 5 N–H and O–H groups in total. The normalized spacial score (nSPS) is 13.2. The average Bonchev–Trinajstić information content (AvgIpc) is 2.72. The number of quaternary nitrogens is 1. The molecule has 0 saturated carbocycles. The summed E-state index contributed by atoms with van der Waals surface area (Å²) in [5.41, 5.74) is 5.47. The monoisotopic (exact) mass is 329 g/mol. The van der Waals surface area contributed by atoms with Crippen molar-refractivity contribution in [2.75, 3.05) is 16.8 Å². The molecule has 0 aliphatic carbocycles. The molecular weight excluding hydrogens is 316 g/mol. The van der Waals surface area contributed by atoms with Crippen LogP contribution in [0.15, 0.2) is 16.6 Å². The van der Waals surface area contributed by atoms with Gasteiger partial charge in [-0.05, 0) is 36.3 Å². The average molecular weight is 330 g/mol. The van der Waals surface area contributed by atoms with E-state index in [1.807, 2.05) is 12.1 Å². The Bertz CT molecular complexity index is 520. The first-order valence-corrected chi connectivity index (χ1v) is 6.67. The molecule has 18 heavy (non-hydrogen) atoms. The summed E-state index contributed by atoms with van der Waals surface area (Å²) < 4.78 is 0.959. The van der Waals surface area contributed by atoms with Gasteiger partial charge in [0.2, 0.25) is 11.0 Å². The number of hydrogen-bond donors (Lipinski definition) is 3. The SMILES string of the molecule is CC(=O)N1CCc2cc(Br)cc(NC(=S)N[NH3+])c21. The number of rotatable bonds is 1. The number of fused-ring (bicyclic) bond motifs is 1. The first-order chi connectivity index (χ1) is 8.52. The number of hydrogen-bond acceptors (Lipinski definition) is 2. The van der Waals surface area contributed by atoms with E-state index < -0.39 is 0 Å². The number of carbonyl (C=O) groups is 1. The van der Waals surface area contributed by atoms with Crippen molar-refractivity contribution < 1.29 is 10.6 Å². The van der Waals surface area contributed by atoms with Gasteiger partial charge < -0.3 is 10.2 Å². The van der Waals surface area contributed by atoms with Gasteiger partial charge in [0.1, 0.15) is 0 Å². The molecule has 1 aromatic carbocycles. The molecule has 0 saturated heterocycles. The van der Waals surface area contributed by atoms with E-state index in [1.165, 1.54) is 0 Å². The fourth-order valence-corrected chi connectivity index (χ4v) is 2.70. The van der Waals surface area contributed by atoms with Crippen LogP contribution in [-0.4, -0.2) is 17.6 Å². The van der Waals surface area contributed by atoms with E-state index in [1.54, 1.807) is 11.8 Å². The Kier molecular flexibility index (Phi) is 3.84. The molecule has 0 radical (unpaired) electrons. The lowest BCUT2D eigenvalue weighted by molar-refractivity contribution is -0.418. The van der Waals surface area contributed by atoms with Gasteiger partial charge >= 0.3 is 0 Å². The van der Waals surface area contributed by atoms with Gasteiger partial charge in [-0.2, -0.15) is 0 Å². The highest BCUT2D eigenvalue weighted by molar-refractivity contribution is 9.10. The summed E-state index contributed by atoms with van der Waals surface area (Å²) in [4.78, 5) is 13.4. The van der Waals surface area contributed by atoms with Crippen molar-refractivity contribution in [2.45, 2.75) is 13.3 Å². The minimum Gasteiger partial charge on any atom is -0.327 e. The topological polar surface area (TPSA) is 72.0 Å². The summed E-state index contributed by atoms with van der Waals surface area (Å²) >= 11 is 8.51. The molecule has 0 fully saturated rings. The Hall–Kier alpha value is -1.18. The van der Waals surface area contributed by atoms with Crippen LogP contribution in [0.25, 0.3) is 0 Å². The summed E-state index contributed by atoms with van der Waals surface area (Å²) in [5, 5.41) is 3.47. The van der Waals surface area contributed by atoms with E-state index in [4.69, 9.17) is 12.2 Å². The largest absolute Gasteiger partial charge is 0.327 e. The molecule has 96 valence electrons. The second-order valence-corrected chi connectivity index (χ2v) is 5.34. The van der Waals surface area contributed by atoms with Crippen LogP contribution in [0.2, 0.25) is 0 Å². The van der Waals surface area contributed by atoms with Crippen molar-refractivity contribution in [3.05, 3.63) is 22.2 Å². The van der Waals surface area contributed by atoms with E-state index in [0.717, 1.165) is 27.8 Å². The second-order valence-electron chi connectivity index (χ2n) is 4.01. The predicted molar refractivity (Wildman–Crippen MR) is 78.1 cm³/mol. The molecule has 5 nitrogen and oxygen atoms in total. The molecule has 1 aromatic rings. The molecule has 0 unspecified atom stereocenters. The van der Waals surface area contributed by atoms with Crippen molar-refractivity contribution in [2.24, 2.45) is 0 Å². The molecule has 2 rings (SSSR count). The van der Waals surface area contributed by atoms with Crippen molar-refractivity contribution in [1.82, 2.24) is 5.43 Å². The highest BCUT2D eigenvalue weighted by Crippen LogP contribution is 2.38. The zero-order chi connectivity index (χ0) is 13.3. The first-order valence-electron chi connectivity index (χ1n) is 5.47. The Morgan fingerprint density at radius 1 is 1.56 bits per heavy atom. The van der Waals surface area contributed by atoms with Gasteiger partial charge in [-0.3, -0.25) is 10.6 Å². The summed E-state index contributed by atoms with van der Waals surface area (Å²) in [5.74, 6) is 3.54. The number of anilines is 2. The number of benzene rings is 1. The molecule has 0 aromatic heterocycles. The molecular formula is C11H14BrN4OS+. The quantitative estimate of drug-likeness (QED) is 0.526. The third-order valence-corrected chi connectivity index (χ3v) is 3.52. The third-order valence-electron chi connectivity index (χ3n) is 2.82. The lowest BCUT2D eigenvalue weighted by Gasteiger charge is -2.19. The van der Waals surface area contributed by atoms with Crippen molar-refractivity contribution in [3.63, 3.8) is 0 Å². The van der Waals surface area contributed by atoms with Gasteiger partial charge in [0.25, 0.3) is 0 Å². The zero-order valence-corrected chi connectivity index (χ0v) is 12.3. The highest BCUT2D eigenvalue weighted by atomic mass is 79.9. The molecule has 1 aliphatic heterocycles. The van der Waals surface area contributed by atoms with Gasteiger partial charge in [0.05, 0.1) is 11.4 Å². The Labute approximate surface area is 119 Å². The lowest BCUT2D eigenvalue weighted by Crippen LogP contribution is -2.68. The number of halogens is 1. The lowest BCUT2D eigenvalue weighted by atomic mass is 10.1. The Morgan fingerprint density at radius 3 is 2.89 bits per heavy atom.